The van der Waals surface area contributed by atoms with Crippen LogP contribution in [-0.2, 0) is 0 Å². The van der Waals surface area contributed by atoms with E-state index in [1.807, 2.05) is 37.3 Å². The molecule has 1 aromatic heterocycles. The molecule has 0 spiro atoms. The number of carbonyl (C=O) groups excluding carboxylic acids is 1. The topological polar surface area (TPSA) is 76.1 Å². The number of aromatic nitrogens is 2. The quantitative estimate of drug-likeness (QED) is 0.660. The number of hydrogen-bond acceptors (Lipinski definition) is 5. The van der Waals surface area contributed by atoms with Gasteiger partial charge < -0.3 is 10.1 Å². The summed E-state index contributed by atoms with van der Waals surface area (Å²) in [6.45, 7) is 1.88. The molecule has 3 aromatic rings. The van der Waals surface area contributed by atoms with E-state index in [-0.39, 0.29) is 6.10 Å². The molecule has 0 fully saturated rings. The highest BCUT2D eigenvalue weighted by molar-refractivity contribution is 7.15. The summed E-state index contributed by atoms with van der Waals surface area (Å²) >= 11 is 7.07. The summed E-state index contributed by atoms with van der Waals surface area (Å²) in [5, 5.41) is 15.1. The lowest BCUT2D eigenvalue weighted by Crippen LogP contribution is -2.19. The molecular weight excluding hydrogens is 360 g/mol. The van der Waals surface area contributed by atoms with Crippen molar-refractivity contribution in [3.63, 3.8) is 0 Å². The van der Waals surface area contributed by atoms with E-state index in [0.29, 0.717) is 20.8 Å². The van der Waals surface area contributed by atoms with E-state index in [4.69, 9.17) is 16.3 Å². The van der Waals surface area contributed by atoms with E-state index >= 15 is 0 Å². The van der Waals surface area contributed by atoms with Gasteiger partial charge in [0.25, 0.3) is 0 Å². The van der Waals surface area contributed by atoms with Gasteiger partial charge in [-0.1, -0.05) is 41.1 Å². The molecule has 0 saturated carbocycles. The highest BCUT2D eigenvalue weighted by atomic mass is 35.5. The number of hydrogen-bond donors (Lipinski definition) is 2. The largest absolute Gasteiger partial charge is 0.483 e. The second kappa shape index (κ2) is 7.96. The molecule has 0 unspecified atom stereocenters. The number of anilines is 2. The molecule has 2 N–H and O–H groups in total. The fourth-order valence-electron chi connectivity index (χ4n) is 2.00. The standard InChI is InChI=1S/C17H15ClN4O2S/c1-11(24-14-5-3-2-4-6-14)15-21-22-17(25-15)20-16(23)19-13-9-7-12(18)8-10-13/h2-11H,1H3,(H2,19,20,22,23)/t11-/m0/s1. The Kier molecular flexibility index (Phi) is 5.47. The third-order valence-electron chi connectivity index (χ3n) is 3.17. The highest BCUT2D eigenvalue weighted by Gasteiger charge is 2.15. The minimum atomic E-state index is -0.401. The number of para-hydroxylation sites is 1. The van der Waals surface area contributed by atoms with Crippen molar-refractivity contribution < 1.29 is 9.53 Å². The van der Waals surface area contributed by atoms with Gasteiger partial charge in [0.15, 0.2) is 5.01 Å². The third-order valence-corrected chi connectivity index (χ3v) is 4.42. The Morgan fingerprint density at radius 1 is 1.08 bits per heavy atom. The average molecular weight is 375 g/mol. The number of amides is 2. The zero-order valence-corrected chi connectivity index (χ0v) is 14.8. The van der Waals surface area contributed by atoms with Crippen molar-refractivity contribution in [2.75, 3.05) is 10.6 Å². The first kappa shape index (κ1) is 17.2. The van der Waals surface area contributed by atoms with E-state index in [1.165, 1.54) is 11.3 Å². The molecule has 0 aliphatic carbocycles. The van der Waals surface area contributed by atoms with Gasteiger partial charge in [0.05, 0.1) is 0 Å². The first-order chi connectivity index (χ1) is 12.1. The summed E-state index contributed by atoms with van der Waals surface area (Å²) in [6.07, 6.45) is -0.269. The van der Waals surface area contributed by atoms with Gasteiger partial charge in [-0.2, -0.15) is 0 Å². The van der Waals surface area contributed by atoms with Crippen LogP contribution in [0.5, 0.6) is 5.75 Å². The van der Waals surface area contributed by atoms with Crippen LogP contribution in [0.1, 0.15) is 18.0 Å². The maximum absolute atomic E-state index is 12.0. The van der Waals surface area contributed by atoms with Crippen molar-refractivity contribution >= 4 is 39.8 Å². The number of urea groups is 1. The fourth-order valence-corrected chi connectivity index (χ4v) is 2.84. The van der Waals surface area contributed by atoms with Crippen LogP contribution >= 0.6 is 22.9 Å². The molecule has 6 nitrogen and oxygen atoms in total. The molecule has 0 radical (unpaired) electrons. The lowest BCUT2D eigenvalue weighted by molar-refractivity contribution is 0.225. The molecule has 0 saturated heterocycles. The van der Waals surface area contributed by atoms with Crippen LogP contribution in [-0.4, -0.2) is 16.2 Å². The van der Waals surface area contributed by atoms with E-state index in [2.05, 4.69) is 20.8 Å². The highest BCUT2D eigenvalue weighted by Crippen LogP contribution is 2.26. The van der Waals surface area contributed by atoms with Crippen molar-refractivity contribution in [1.82, 2.24) is 10.2 Å². The van der Waals surface area contributed by atoms with Crippen molar-refractivity contribution in [2.24, 2.45) is 0 Å². The lowest BCUT2D eigenvalue weighted by atomic mass is 10.3. The Labute approximate surface area is 153 Å². The first-order valence-corrected chi connectivity index (χ1v) is 8.68. The lowest BCUT2D eigenvalue weighted by Gasteiger charge is -2.11. The Hall–Kier alpha value is -2.64. The summed E-state index contributed by atoms with van der Waals surface area (Å²) < 4.78 is 5.79. The smallest absolute Gasteiger partial charge is 0.325 e. The van der Waals surface area contributed by atoms with E-state index in [1.54, 1.807) is 24.3 Å². The Morgan fingerprint density at radius 3 is 2.52 bits per heavy atom. The number of ether oxygens (including phenoxy) is 1. The van der Waals surface area contributed by atoms with Crippen LogP contribution in [0.2, 0.25) is 5.02 Å². The molecule has 2 aromatic carbocycles. The predicted octanol–water partition coefficient (Wildman–Crippen LogP) is 4.98. The molecule has 2 amide bonds. The molecule has 0 aliphatic rings. The zero-order valence-electron chi connectivity index (χ0n) is 13.3. The maximum Gasteiger partial charge on any atom is 0.325 e. The van der Waals surface area contributed by atoms with Crippen LogP contribution < -0.4 is 15.4 Å². The van der Waals surface area contributed by atoms with Gasteiger partial charge in [0.1, 0.15) is 11.9 Å². The van der Waals surface area contributed by atoms with Gasteiger partial charge in [0, 0.05) is 10.7 Å². The number of rotatable bonds is 5. The van der Waals surface area contributed by atoms with Crippen LogP contribution in [0.15, 0.2) is 54.6 Å². The second-order valence-corrected chi connectivity index (χ2v) is 6.55. The van der Waals surface area contributed by atoms with E-state index in [9.17, 15) is 4.79 Å². The van der Waals surface area contributed by atoms with Crippen LogP contribution in [0.3, 0.4) is 0 Å². The average Bonchev–Trinajstić information content (AvgIpc) is 3.06. The molecule has 0 bridgehead atoms. The zero-order chi connectivity index (χ0) is 17.6. The van der Waals surface area contributed by atoms with Crippen molar-refractivity contribution in [3.05, 3.63) is 64.6 Å². The summed E-state index contributed by atoms with van der Waals surface area (Å²) in [7, 11) is 0. The van der Waals surface area contributed by atoms with E-state index in [0.717, 1.165) is 5.75 Å². The third kappa shape index (κ3) is 4.91. The van der Waals surface area contributed by atoms with Crippen LogP contribution in [0.25, 0.3) is 0 Å². The SMILES string of the molecule is C[C@H](Oc1ccccc1)c1nnc(NC(=O)Nc2ccc(Cl)cc2)s1. The molecule has 8 heteroatoms. The van der Waals surface area contributed by atoms with Crippen molar-refractivity contribution in [1.29, 1.82) is 0 Å². The summed E-state index contributed by atoms with van der Waals surface area (Å²) in [4.78, 5) is 12.0. The fraction of sp³-hybridized carbons (Fsp3) is 0.118. The Balaban J connectivity index is 1.57. The second-order valence-electron chi connectivity index (χ2n) is 5.10. The Bertz CT molecular complexity index is 839. The normalized spacial score (nSPS) is 11.6. The monoisotopic (exact) mass is 374 g/mol. The van der Waals surface area contributed by atoms with Crippen molar-refractivity contribution in [2.45, 2.75) is 13.0 Å². The minimum absolute atomic E-state index is 0.269. The number of benzene rings is 2. The summed E-state index contributed by atoms with van der Waals surface area (Å²) in [6, 6.07) is 15.9. The van der Waals surface area contributed by atoms with Gasteiger partial charge in [-0.25, -0.2) is 4.79 Å². The number of nitrogens with one attached hydrogen (secondary N) is 2. The number of halogens is 1. The molecule has 1 heterocycles. The molecule has 128 valence electrons. The molecule has 0 aliphatic heterocycles. The van der Waals surface area contributed by atoms with E-state index < -0.39 is 6.03 Å². The van der Waals surface area contributed by atoms with Gasteiger partial charge in [-0.3, -0.25) is 5.32 Å². The molecule has 1 atom stereocenters. The van der Waals surface area contributed by atoms with Crippen LogP contribution in [0.4, 0.5) is 15.6 Å². The summed E-state index contributed by atoms with van der Waals surface area (Å²) in [5.41, 5.74) is 0.632. The molecular formula is C17H15ClN4O2S. The predicted molar refractivity (Wildman–Crippen MR) is 99.5 cm³/mol. The summed E-state index contributed by atoms with van der Waals surface area (Å²) in [5.74, 6) is 0.750. The van der Waals surface area contributed by atoms with Gasteiger partial charge in [0.2, 0.25) is 5.13 Å². The molecule has 25 heavy (non-hydrogen) atoms. The van der Waals surface area contributed by atoms with Gasteiger partial charge in [-0.15, -0.1) is 10.2 Å². The van der Waals surface area contributed by atoms with Crippen molar-refractivity contribution in [3.8, 4) is 5.75 Å². The molecule has 3 rings (SSSR count). The number of nitrogens with zero attached hydrogens (tertiary/aromatic N) is 2. The van der Waals surface area contributed by atoms with Crippen LogP contribution in [0, 0.1) is 0 Å². The number of carbonyl (C=O) groups is 1. The van der Waals surface area contributed by atoms with Gasteiger partial charge in [-0.05, 0) is 43.3 Å². The van der Waals surface area contributed by atoms with Gasteiger partial charge >= 0.3 is 6.03 Å². The maximum atomic E-state index is 12.0. The first-order valence-electron chi connectivity index (χ1n) is 7.49. The Morgan fingerprint density at radius 2 is 1.80 bits per heavy atom. The minimum Gasteiger partial charge on any atom is -0.483 e.